The molecule has 0 saturated carbocycles. The van der Waals surface area contributed by atoms with E-state index in [9.17, 15) is 15.0 Å². The number of hydrogen-bond acceptors (Lipinski definition) is 4. The van der Waals surface area contributed by atoms with Crippen LogP contribution >= 0.6 is 11.8 Å². The molecule has 1 aromatic rings. The van der Waals surface area contributed by atoms with Crippen LogP contribution in [0.3, 0.4) is 0 Å². The molecule has 92 valence electrons. The molecule has 0 saturated heterocycles. The first-order valence-corrected chi connectivity index (χ1v) is 6.25. The maximum absolute atomic E-state index is 10.7. The van der Waals surface area contributed by atoms with Gasteiger partial charge < -0.3 is 10.2 Å². The molecular formula is C13H16O3S. The molecular weight excluding hydrogens is 236 g/mol. The predicted octanol–water partition coefficient (Wildman–Crippen LogP) is 2.00. The Balaban J connectivity index is 2.63. The summed E-state index contributed by atoms with van der Waals surface area (Å²) in [4.78, 5) is 10.7. The van der Waals surface area contributed by atoms with E-state index >= 15 is 0 Å². The fraction of sp³-hybridized carbons (Fsp3) is 0.308. The molecule has 3 nitrogen and oxygen atoms in total. The average molecular weight is 252 g/mol. The van der Waals surface area contributed by atoms with E-state index in [0.29, 0.717) is 5.56 Å². The fourth-order valence-corrected chi connectivity index (χ4v) is 1.93. The molecule has 2 atom stereocenters. The minimum absolute atomic E-state index is 0.0711. The summed E-state index contributed by atoms with van der Waals surface area (Å²) in [6.07, 6.45) is -0.211. The van der Waals surface area contributed by atoms with E-state index < -0.39 is 12.2 Å². The monoisotopic (exact) mass is 252 g/mol. The largest absolute Gasteiger partial charge is 0.389 e. The second-order valence-electron chi connectivity index (χ2n) is 3.69. The van der Waals surface area contributed by atoms with Gasteiger partial charge in [0.15, 0.2) is 5.12 Å². The second-order valence-corrected chi connectivity index (χ2v) is 4.88. The molecule has 0 aliphatic carbocycles. The third kappa shape index (κ3) is 4.34. The van der Waals surface area contributed by atoms with Crippen LogP contribution in [0.5, 0.6) is 0 Å². The summed E-state index contributed by atoms with van der Waals surface area (Å²) in [6.45, 7) is 5.07. The Morgan fingerprint density at radius 2 is 2.00 bits per heavy atom. The van der Waals surface area contributed by atoms with E-state index in [1.54, 1.807) is 18.2 Å². The summed E-state index contributed by atoms with van der Waals surface area (Å²) in [5.41, 5.74) is 1.58. The van der Waals surface area contributed by atoms with Gasteiger partial charge in [0.05, 0.1) is 6.10 Å². The van der Waals surface area contributed by atoms with Gasteiger partial charge in [0.1, 0.15) is 6.10 Å². The summed E-state index contributed by atoms with van der Waals surface area (Å²) in [7, 11) is 0. The molecule has 0 aliphatic rings. The first kappa shape index (κ1) is 14.0. The van der Waals surface area contributed by atoms with Crippen LogP contribution in [-0.4, -0.2) is 27.2 Å². The summed E-state index contributed by atoms with van der Waals surface area (Å²) in [6, 6.07) is 7.11. The van der Waals surface area contributed by atoms with Crippen LogP contribution < -0.4 is 0 Å². The van der Waals surface area contributed by atoms with E-state index in [4.69, 9.17) is 0 Å². The smallest absolute Gasteiger partial charge is 0.185 e. The number of rotatable bonds is 5. The van der Waals surface area contributed by atoms with E-state index in [2.05, 4.69) is 6.58 Å². The zero-order valence-corrected chi connectivity index (χ0v) is 10.5. The van der Waals surface area contributed by atoms with Crippen molar-refractivity contribution in [3.63, 3.8) is 0 Å². The van der Waals surface area contributed by atoms with Crippen molar-refractivity contribution in [2.45, 2.75) is 19.1 Å². The molecule has 0 bridgehead atoms. The molecule has 2 N–H and O–H groups in total. The molecule has 0 aliphatic heterocycles. The van der Waals surface area contributed by atoms with Gasteiger partial charge in [0, 0.05) is 12.7 Å². The average Bonchev–Trinajstić information content (AvgIpc) is 2.35. The van der Waals surface area contributed by atoms with Crippen molar-refractivity contribution in [2.75, 3.05) is 5.75 Å². The Kier molecular flexibility index (Phi) is 5.41. The highest BCUT2D eigenvalue weighted by Gasteiger charge is 2.18. The van der Waals surface area contributed by atoms with Crippen LogP contribution in [0.1, 0.15) is 24.2 Å². The third-order valence-electron chi connectivity index (χ3n) is 2.34. The Morgan fingerprint density at radius 3 is 2.47 bits per heavy atom. The second kappa shape index (κ2) is 6.59. The molecule has 0 amide bonds. The Bertz CT molecular complexity index is 386. The Labute approximate surface area is 105 Å². The minimum Gasteiger partial charge on any atom is -0.389 e. The first-order valence-electron chi connectivity index (χ1n) is 5.26. The molecule has 0 fully saturated rings. The van der Waals surface area contributed by atoms with Gasteiger partial charge in [0.25, 0.3) is 0 Å². The number of carbonyl (C=O) groups excluding carboxylic acids is 1. The van der Waals surface area contributed by atoms with Gasteiger partial charge in [-0.05, 0) is 11.1 Å². The van der Waals surface area contributed by atoms with Crippen molar-refractivity contribution in [2.24, 2.45) is 0 Å². The number of thioether (sulfide) groups is 1. The summed E-state index contributed by atoms with van der Waals surface area (Å²) in [5.74, 6) is 0.194. The zero-order valence-electron chi connectivity index (χ0n) is 9.67. The van der Waals surface area contributed by atoms with Gasteiger partial charge in [-0.25, -0.2) is 0 Å². The van der Waals surface area contributed by atoms with Gasteiger partial charge in [-0.2, -0.15) is 0 Å². The summed E-state index contributed by atoms with van der Waals surface area (Å²) >= 11 is 1.00. The minimum atomic E-state index is -0.972. The molecule has 1 aromatic carbocycles. The van der Waals surface area contributed by atoms with Crippen molar-refractivity contribution >= 4 is 23.0 Å². The van der Waals surface area contributed by atoms with E-state index in [1.165, 1.54) is 6.92 Å². The van der Waals surface area contributed by atoms with Crippen LogP contribution in [0, 0.1) is 0 Å². The standard InChI is InChI=1S/C13H16O3S/c1-3-10-4-6-11(7-5-10)13(16)12(15)8-17-9(2)14/h3-7,12-13,15-16H,1,8H2,2H3. The number of benzene rings is 1. The van der Waals surface area contributed by atoms with Gasteiger partial charge in [-0.15, -0.1) is 0 Å². The molecule has 17 heavy (non-hydrogen) atoms. The molecule has 1 rings (SSSR count). The first-order chi connectivity index (χ1) is 8.04. The van der Waals surface area contributed by atoms with E-state index in [-0.39, 0.29) is 10.9 Å². The van der Waals surface area contributed by atoms with Crippen LogP contribution in [0.2, 0.25) is 0 Å². The molecule has 0 radical (unpaired) electrons. The van der Waals surface area contributed by atoms with Crippen molar-refractivity contribution in [3.05, 3.63) is 42.0 Å². The lowest BCUT2D eigenvalue weighted by Crippen LogP contribution is -2.21. The van der Waals surface area contributed by atoms with Crippen molar-refractivity contribution < 1.29 is 15.0 Å². The van der Waals surface area contributed by atoms with Gasteiger partial charge in [0.2, 0.25) is 0 Å². The van der Waals surface area contributed by atoms with Crippen LogP contribution in [0.25, 0.3) is 6.08 Å². The number of carbonyl (C=O) groups is 1. The molecule has 0 heterocycles. The maximum Gasteiger partial charge on any atom is 0.185 e. The highest BCUT2D eigenvalue weighted by molar-refractivity contribution is 8.13. The van der Waals surface area contributed by atoms with E-state index in [0.717, 1.165) is 17.3 Å². The van der Waals surface area contributed by atoms with Crippen molar-refractivity contribution in [1.29, 1.82) is 0 Å². The lowest BCUT2D eigenvalue weighted by molar-refractivity contribution is -0.109. The van der Waals surface area contributed by atoms with Gasteiger partial charge >= 0.3 is 0 Å². The SMILES string of the molecule is C=Cc1ccc(C(O)C(O)CSC(C)=O)cc1. The quantitative estimate of drug-likeness (QED) is 0.841. The van der Waals surface area contributed by atoms with Crippen molar-refractivity contribution in [1.82, 2.24) is 0 Å². The predicted molar refractivity (Wildman–Crippen MR) is 70.6 cm³/mol. The Morgan fingerprint density at radius 1 is 1.41 bits per heavy atom. The van der Waals surface area contributed by atoms with Crippen LogP contribution in [-0.2, 0) is 4.79 Å². The molecule has 0 spiro atoms. The lowest BCUT2D eigenvalue weighted by atomic mass is 10.0. The zero-order chi connectivity index (χ0) is 12.8. The topological polar surface area (TPSA) is 57.5 Å². The molecule has 0 aromatic heterocycles. The van der Waals surface area contributed by atoms with Crippen LogP contribution in [0.15, 0.2) is 30.8 Å². The summed E-state index contributed by atoms with van der Waals surface area (Å²) in [5, 5.41) is 19.5. The molecule has 2 unspecified atom stereocenters. The number of aliphatic hydroxyl groups is 2. The highest BCUT2D eigenvalue weighted by atomic mass is 32.2. The van der Waals surface area contributed by atoms with Gasteiger partial charge in [-0.1, -0.05) is 48.7 Å². The van der Waals surface area contributed by atoms with E-state index in [1.807, 2.05) is 12.1 Å². The highest BCUT2D eigenvalue weighted by Crippen LogP contribution is 2.20. The summed E-state index contributed by atoms with van der Waals surface area (Å²) < 4.78 is 0. The normalized spacial score (nSPS) is 14.1. The Hall–Kier alpha value is -1.10. The number of aliphatic hydroxyl groups excluding tert-OH is 2. The maximum atomic E-state index is 10.7. The van der Waals surface area contributed by atoms with Crippen LogP contribution in [0.4, 0.5) is 0 Å². The number of hydrogen-bond donors (Lipinski definition) is 2. The van der Waals surface area contributed by atoms with Crippen molar-refractivity contribution in [3.8, 4) is 0 Å². The van der Waals surface area contributed by atoms with Gasteiger partial charge in [-0.3, -0.25) is 4.79 Å². The third-order valence-corrected chi connectivity index (χ3v) is 3.25. The lowest BCUT2D eigenvalue weighted by Gasteiger charge is -2.17. The molecule has 4 heteroatoms. The fourth-order valence-electron chi connectivity index (χ4n) is 1.35.